The predicted molar refractivity (Wildman–Crippen MR) is 85.1 cm³/mol. The number of aromatic nitrogens is 1. The van der Waals surface area contributed by atoms with Crippen LogP contribution >= 0.6 is 0 Å². The van der Waals surface area contributed by atoms with Crippen molar-refractivity contribution < 1.29 is 9.53 Å². The molecule has 0 aliphatic heterocycles. The Kier molecular flexibility index (Phi) is 4.84. The van der Waals surface area contributed by atoms with Gasteiger partial charge in [-0.1, -0.05) is 44.2 Å². The molecule has 1 heterocycles. The SMILES string of the molecule is CCOC(=O)[C@@H](C(C)C)n1c(C)ccc1-c1ccccc1. The highest BCUT2D eigenvalue weighted by molar-refractivity contribution is 5.76. The zero-order chi connectivity index (χ0) is 15.4. The number of esters is 1. The predicted octanol–water partition coefficient (Wildman–Crippen LogP) is 4.22. The van der Waals surface area contributed by atoms with Gasteiger partial charge in [-0.15, -0.1) is 0 Å². The fourth-order valence-corrected chi connectivity index (χ4v) is 2.67. The molecule has 2 rings (SSSR count). The average molecular weight is 285 g/mol. The molecule has 0 amide bonds. The second kappa shape index (κ2) is 6.61. The van der Waals surface area contributed by atoms with Crippen LogP contribution in [-0.2, 0) is 9.53 Å². The van der Waals surface area contributed by atoms with E-state index in [1.165, 1.54) is 0 Å². The molecule has 112 valence electrons. The van der Waals surface area contributed by atoms with Gasteiger partial charge in [-0.3, -0.25) is 0 Å². The minimum Gasteiger partial charge on any atom is -0.464 e. The third kappa shape index (κ3) is 3.18. The van der Waals surface area contributed by atoms with E-state index in [9.17, 15) is 4.79 Å². The van der Waals surface area contributed by atoms with Crippen LogP contribution in [0.3, 0.4) is 0 Å². The number of benzene rings is 1. The van der Waals surface area contributed by atoms with E-state index in [0.717, 1.165) is 17.0 Å². The third-order valence-corrected chi connectivity index (χ3v) is 3.63. The number of nitrogens with zero attached hydrogens (tertiary/aromatic N) is 1. The first-order chi connectivity index (χ1) is 10.1. The van der Waals surface area contributed by atoms with Crippen LogP contribution in [0.4, 0.5) is 0 Å². The maximum absolute atomic E-state index is 12.4. The van der Waals surface area contributed by atoms with Crippen LogP contribution < -0.4 is 0 Å². The second-order valence-electron chi connectivity index (χ2n) is 5.54. The maximum atomic E-state index is 12.4. The number of carbonyl (C=O) groups excluding carboxylic acids is 1. The van der Waals surface area contributed by atoms with Gasteiger partial charge in [-0.2, -0.15) is 0 Å². The lowest BCUT2D eigenvalue weighted by atomic mass is 10.0. The second-order valence-corrected chi connectivity index (χ2v) is 5.54. The molecule has 0 aliphatic rings. The molecule has 21 heavy (non-hydrogen) atoms. The Morgan fingerprint density at radius 1 is 1.14 bits per heavy atom. The zero-order valence-electron chi connectivity index (χ0n) is 13.2. The first-order valence-electron chi connectivity index (χ1n) is 7.46. The van der Waals surface area contributed by atoms with Crippen LogP contribution in [0.5, 0.6) is 0 Å². The van der Waals surface area contributed by atoms with Gasteiger partial charge in [-0.05, 0) is 37.5 Å². The van der Waals surface area contributed by atoms with E-state index in [2.05, 4.69) is 42.7 Å². The third-order valence-electron chi connectivity index (χ3n) is 3.63. The van der Waals surface area contributed by atoms with E-state index in [1.54, 1.807) is 0 Å². The summed E-state index contributed by atoms with van der Waals surface area (Å²) in [7, 11) is 0. The van der Waals surface area contributed by atoms with E-state index in [4.69, 9.17) is 4.74 Å². The summed E-state index contributed by atoms with van der Waals surface area (Å²) >= 11 is 0. The van der Waals surface area contributed by atoms with Gasteiger partial charge in [0, 0.05) is 11.4 Å². The normalized spacial score (nSPS) is 12.4. The summed E-state index contributed by atoms with van der Waals surface area (Å²) < 4.78 is 7.37. The topological polar surface area (TPSA) is 31.2 Å². The molecule has 3 nitrogen and oxygen atoms in total. The maximum Gasteiger partial charge on any atom is 0.329 e. The van der Waals surface area contributed by atoms with Crippen molar-refractivity contribution in [3.8, 4) is 11.3 Å². The monoisotopic (exact) mass is 285 g/mol. The lowest BCUT2D eigenvalue weighted by Crippen LogP contribution is -2.27. The van der Waals surface area contributed by atoms with Crippen molar-refractivity contribution in [3.05, 3.63) is 48.2 Å². The highest BCUT2D eigenvalue weighted by atomic mass is 16.5. The highest BCUT2D eigenvalue weighted by Crippen LogP contribution is 2.30. The Labute approximate surface area is 126 Å². The van der Waals surface area contributed by atoms with Crippen LogP contribution in [0.25, 0.3) is 11.3 Å². The smallest absolute Gasteiger partial charge is 0.329 e. The fourth-order valence-electron chi connectivity index (χ4n) is 2.67. The molecule has 1 aromatic carbocycles. The van der Waals surface area contributed by atoms with Gasteiger partial charge in [0.2, 0.25) is 0 Å². The van der Waals surface area contributed by atoms with Crippen molar-refractivity contribution in [2.45, 2.75) is 33.7 Å². The van der Waals surface area contributed by atoms with Gasteiger partial charge in [0.15, 0.2) is 0 Å². The standard InChI is InChI=1S/C18H23NO2/c1-5-21-18(20)17(13(2)3)19-14(4)11-12-16(19)15-9-7-6-8-10-15/h6-13,17H,5H2,1-4H3/t17-/m1/s1. The van der Waals surface area contributed by atoms with E-state index < -0.39 is 0 Å². The number of hydrogen-bond acceptors (Lipinski definition) is 2. The molecule has 2 aromatic rings. The van der Waals surface area contributed by atoms with Crippen LogP contribution in [0, 0.1) is 12.8 Å². The number of rotatable bonds is 5. The Morgan fingerprint density at radius 2 is 1.81 bits per heavy atom. The van der Waals surface area contributed by atoms with Gasteiger partial charge in [-0.25, -0.2) is 4.79 Å². The van der Waals surface area contributed by atoms with Gasteiger partial charge < -0.3 is 9.30 Å². The molecule has 1 aromatic heterocycles. The first kappa shape index (κ1) is 15.4. The van der Waals surface area contributed by atoms with Gasteiger partial charge >= 0.3 is 5.97 Å². The minimum absolute atomic E-state index is 0.163. The van der Waals surface area contributed by atoms with Gasteiger partial charge in [0.25, 0.3) is 0 Å². The minimum atomic E-state index is -0.296. The summed E-state index contributed by atoms with van der Waals surface area (Å²) in [5, 5.41) is 0. The molecule has 1 atom stereocenters. The molecule has 0 saturated carbocycles. The Morgan fingerprint density at radius 3 is 2.38 bits per heavy atom. The lowest BCUT2D eigenvalue weighted by Gasteiger charge is -2.25. The summed E-state index contributed by atoms with van der Waals surface area (Å²) in [5.74, 6) is 0.00148. The van der Waals surface area contributed by atoms with E-state index in [1.807, 2.05) is 32.0 Å². The van der Waals surface area contributed by atoms with Crippen molar-refractivity contribution in [1.82, 2.24) is 4.57 Å². The van der Waals surface area contributed by atoms with Crippen LogP contribution in [0.15, 0.2) is 42.5 Å². The van der Waals surface area contributed by atoms with Crippen molar-refractivity contribution in [2.24, 2.45) is 5.92 Å². The molecule has 0 saturated heterocycles. The van der Waals surface area contributed by atoms with E-state index >= 15 is 0 Å². The molecule has 0 radical (unpaired) electrons. The summed E-state index contributed by atoms with van der Waals surface area (Å²) in [4.78, 5) is 12.4. The van der Waals surface area contributed by atoms with Crippen LogP contribution in [-0.4, -0.2) is 17.1 Å². The van der Waals surface area contributed by atoms with Crippen LogP contribution in [0.1, 0.15) is 32.5 Å². The Bertz CT molecular complexity index is 599. The fraction of sp³-hybridized carbons (Fsp3) is 0.389. The van der Waals surface area contributed by atoms with E-state index in [0.29, 0.717) is 6.61 Å². The lowest BCUT2D eigenvalue weighted by molar-refractivity contribution is -0.148. The average Bonchev–Trinajstić information content (AvgIpc) is 2.82. The molecular formula is C18H23NO2. The number of aryl methyl sites for hydroxylation is 1. The summed E-state index contributed by atoms with van der Waals surface area (Å²) in [6, 6.07) is 14.0. The molecule has 0 N–H and O–H groups in total. The van der Waals surface area contributed by atoms with Crippen molar-refractivity contribution in [3.63, 3.8) is 0 Å². The van der Waals surface area contributed by atoms with Gasteiger partial charge in [0.1, 0.15) is 6.04 Å². The van der Waals surface area contributed by atoms with E-state index in [-0.39, 0.29) is 17.9 Å². The molecule has 0 spiro atoms. The summed E-state index contributed by atoms with van der Waals surface area (Å²) in [6.07, 6.45) is 0. The summed E-state index contributed by atoms with van der Waals surface area (Å²) in [6.45, 7) is 8.38. The molecule has 0 bridgehead atoms. The Balaban J connectivity index is 2.51. The Hall–Kier alpha value is -2.03. The van der Waals surface area contributed by atoms with Crippen LogP contribution in [0.2, 0.25) is 0 Å². The van der Waals surface area contributed by atoms with Crippen molar-refractivity contribution in [2.75, 3.05) is 6.61 Å². The molecular weight excluding hydrogens is 262 g/mol. The number of hydrogen-bond donors (Lipinski definition) is 0. The zero-order valence-corrected chi connectivity index (χ0v) is 13.2. The number of ether oxygens (including phenoxy) is 1. The summed E-state index contributed by atoms with van der Waals surface area (Å²) in [5.41, 5.74) is 3.24. The largest absolute Gasteiger partial charge is 0.464 e. The molecule has 0 fully saturated rings. The molecule has 3 heteroatoms. The van der Waals surface area contributed by atoms with Crippen molar-refractivity contribution in [1.29, 1.82) is 0 Å². The quantitative estimate of drug-likeness (QED) is 0.770. The number of carbonyl (C=O) groups is 1. The van der Waals surface area contributed by atoms with Crippen molar-refractivity contribution >= 4 is 5.97 Å². The van der Waals surface area contributed by atoms with Gasteiger partial charge in [0.05, 0.1) is 6.61 Å². The molecule has 0 unspecified atom stereocenters. The molecule has 0 aliphatic carbocycles. The first-order valence-corrected chi connectivity index (χ1v) is 7.46. The highest BCUT2D eigenvalue weighted by Gasteiger charge is 2.28.